The minimum atomic E-state index is -0.740. The van der Waals surface area contributed by atoms with Crippen molar-refractivity contribution in [1.82, 2.24) is 5.32 Å². The lowest BCUT2D eigenvalue weighted by atomic mass is 9.76. The van der Waals surface area contributed by atoms with Crippen molar-refractivity contribution >= 4 is 5.91 Å². The van der Waals surface area contributed by atoms with Gasteiger partial charge >= 0.3 is 0 Å². The molecule has 1 saturated carbocycles. The van der Waals surface area contributed by atoms with Gasteiger partial charge in [0.15, 0.2) is 0 Å². The van der Waals surface area contributed by atoms with E-state index in [1.807, 2.05) is 6.92 Å². The number of nitrogens with zero attached hydrogens (tertiary/aromatic N) is 1. The predicted molar refractivity (Wildman–Crippen MR) is 63.5 cm³/mol. The topological polar surface area (TPSA) is 52.9 Å². The Bertz CT molecular complexity index is 323. The van der Waals surface area contributed by atoms with Gasteiger partial charge in [-0.25, -0.2) is 0 Å². The molecule has 0 aromatic carbocycles. The molecule has 0 aromatic rings. The maximum Gasteiger partial charge on any atom is 0.247 e. The van der Waals surface area contributed by atoms with Gasteiger partial charge in [0.1, 0.15) is 5.54 Å². The molecule has 3 heteroatoms. The van der Waals surface area contributed by atoms with E-state index in [0.717, 1.165) is 25.7 Å². The second-order valence-corrected chi connectivity index (χ2v) is 4.88. The highest BCUT2D eigenvalue weighted by molar-refractivity contribution is 5.92. The van der Waals surface area contributed by atoms with Crippen LogP contribution in [0.2, 0.25) is 0 Å². The first-order valence-electron chi connectivity index (χ1n) is 5.89. The van der Waals surface area contributed by atoms with E-state index in [-0.39, 0.29) is 11.8 Å². The molecule has 0 heterocycles. The molecule has 1 N–H and O–H groups in total. The Labute approximate surface area is 97.5 Å². The lowest BCUT2D eigenvalue weighted by Crippen LogP contribution is -2.51. The second-order valence-electron chi connectivity index (χ2n) is 4.88. The summed E-state index contributed by atoms with van der Waals surface area (Å²) >= 11 is 0. The van der Waals surface area contributed by atoms with Crippen molar-refractivity contribution in [1.29, 1.82) is 5.26 Å². The fourth-order valence-corrected chi connectivity index (χ4v) is 2.24. The van der Waals surface area contributed by atoms with Gasteiger partial charge in [0, 0.05) is 5.57 Å². The fourth-order valence-electron chi connectivity index (χ4n) is 2.24. The number of carbonyl (C=O) groups excluding carboxylic acids is 1. The summed E-state index contributed by atoms with van der Waals surface area (Å²) in [6.45, 7) is 7.08. The first-order chi connectivity index (χ1) is 7.49. The third-order valence-corrected chi connectivity index (χ3v) is 3.41. The van der Waals surface area contributed by atoms with E-state index >= 15 is 0 Å². The highest BCUT2D eigenvalue weighted by Gasteiger charge is 2.36. The molecule has 0 aromatic heterocycles. The van der Waals surface area contributed by atoms with Gasteiger partial charge in [0.25, 0.3) is 0 Å². The highest BCUT2D eigenvalue weighted by Crippen LogP contribution is 2.32. The Morgan fingerprint density at radius 3 is 2.44 bits per heavy atom. The molecule has 0 saturated heterocycles. The molecule has 1 atom stereocenters. The Balaban J connectivity index is 2.72. The van der Waals surface area contributed by atoms with Gasteiger partial charge < -0.3 is 5.32 Å². The van der Waals surface area contributed by atoms with Crippen molar-refractivity contribution in [3.8, 4) is 6.07 Å². The summed E-state index contributed by atoms with van der Waals surface area (Å²) in [6.07, 6.45) is 5.61. The van der Waals surface area contributed by atoms with Gasteiger partial charge in [0.2, 0.25) is 5.91 Å². The molecule has 1 amide bonds. The smallest absolute Gasteiger partial charge is 0.247 e. The Morgan fingerprint density at radius 1 is 1.44 bits per heavy atom. The normalized spacial score (nSPS) is 20.6. The molecule has 1 aliphatic carbocycles. The van der Waals surface area contributed by atoms with Crippen LogP contribution in [0, 0.1) is 17.2 Å². The molecular weight excluding hydrogens is 200 g/mol. The number of carbonyl (C=O) groups is 1. The number of nitriles is 1. The summed E-state index contributed by atoms with van der Waals surface area (Å²) in [4.78, 5) is 11.6. The molecule has 88 valence electrons. The minimum absolute atomic E-state index is 0.213. The van der Waals surface area contributed by atoms with Crippen LogP contribution in [0.15, 0.2) is 12.2 Å². The minimum Gasteiger partial charge on any atom is -0.334 e. The van der Waals surface area contributed by atoms with E-state index in [9.17, 15) is 10.1 Å². The molecule has 1 aliphatic rings. The van der Waals surface area contributed by atoms with Gasteiger partial charge in [-0.2, -0.15) is 5.26 Å². The number of hydrogen-bond acceptors (Lipinski definition) is 2. The summed E-state index contributed by atoms with van der Waals surface area (Å²) < 4.78 is 0. The molecule has 16 heavy (non-hydrogen) atoms. The van der Waals surface area contributed by atoms with Crippen LogP contribution < -0.4 is 5.32 Å². The fraction of sp³-hybridized carbons (Fsp3) is 0.692. The van der Waals surface area contributed by atoms with Gasteiger partial charge in [-0.1, -0.05) is 25.8 Å². The van der Waals surface area contributed by atoms with Crippen LogP contribution in [-0.4, -0.2) is 11.4 Å². The zero-order valence-corrected chi connectivity index (χ0v) is 10.2. The maximum atomic E-state index is 11.6. The zero-order valence-electron chi connectivity index (χ0n) is 10.2. The van der Waals surface area contributed by atoms with Crippen LogP contribution in [-0.2, 0) is 4.79 Å². The average Bonchev–Trinajstić information content (AvgIpc) is 2.29. The van der Waals surface area contributed by atoms with Crippen molar-refractivity contribution in [2.45, 2.75) is 51.5 Å². The summed E-state index contributed by atoms with van der Waals surface area (Å²) in [6, 6.07) is 2.26. The first-order valence-corrected chi connectivity index (χ1v) is 5.89. The van der Waals surface area contributed by atoms with E-state index in [1.54, 1.807) is 6.92 Å². The van der Waals surface area contributed by atoms with Gasteiger partial charge in [-0.15, -0.1) is 0 Å². The Kier molecular flexibility index (Phi) is 4.12. The zero-order chi connectivity index (χ0) is 12.2. The lowest BCUT2D eigenvalue weighted by Gasteiger charge is -2.35. The number of nitrogens with one attached hydrogen (secondary N) is 1. The van der Waals surface area contributed by atoms with E-state index in [2.05, 4.69) is 18.0 Å². The van der Waals surface area contributed by atoms with Crippen molar-refractivity contribution in [3.63, 3.8) is 0 Å². The summed E-state index contributed by atoms with van der Waals surface area (Å²) in [5.41, 5.74) is -0.284. The third kappa shape index (κ3) is 2.85. The van der Waals surface area contributed by atoms with Crippen LogP contribution in [0.5, 0.6) is 0 Å². The molecule has 1 fully saturated rings. The van der Waals surface area contributed by atoms with Gasteiger partial charge in [0.05, 0.1) is 6.07 Å². The van der Waals surface area contributed by atoms with Crippen molar-refractivity contribution in [2.24, 2.45) is 5.92 Å². The van der Waals surface area contributed by atoms with Crippen molar-refractivity contribution < 1.29 is 4.79 Å². The summed E-state index contributed by atoms with van der Waals surface area (Å²) in [7, 11) is 0. The molecular formula is C13H20N2O. The van der Waals surface area contributed by atoms with Crippen LogP contribution in [0.25, 0.3) is 0 Å². The van der Waals surface area contributed by atoms with Crippen molar-refractivity contribution in [3.05, 3.63) is 12.2 Å². The lowest BCUT2D eigenvalue weighted by molar-refractivity contribution is -0.119. The van der Waals surface area contributed by atoms with E-state index in [4.69, 9.17) is 0 Å². The summed E-state index contributed by atoms with van der Waals surface area (Å²) in [5, 5.41) is 12.1. The standard InChI is InChI=1S/C13H20N2O/c1-10(2)12(16)15-13(3,9-14)11-7-5-4-6-8-11/h11H,1,4-8H2,2-3H3,(H,15,16). The monoisotopic (exact) mass is 220 g/mol. The Morgan fingerprint density at radius 2 is 2.00 bits per heavy atom. The average molecular weight is 220 g/mol. The Hall–Kier alpha value is -1.30. The van der Waals surface area contributed by atoms with Gasteiger partial charge in [-0.05, 0) is 32.6 Å². The molecule has 0 bridgehead atoms. The molecule has 3 nitrogen and oxygen atoms in total. The van der Waals surface area contributed by atoms with Crippen LogP contribution in [0.4, 0.5) is 0 Å². The van der Waals surface area contributed by atoms with E-state index in [1.165, 1.54) is 6.42 Å². The SMILES string of the molecule is C=C(C)C(=O)NC(C)(C#N)C1CCCCC1. The largest absolute Gasteiger partial charge is 0.334 e. The molecule has 1 unspecified atom stereocenters. The van der Waals surface area contributed by atoms with Crippen LogP contribution >= 0.6 is 0 Å². The van der Waals surface area contributed by atoms with E-state index in [0.29, 0.717) is 5.57 Å². The van der Waals surface area contributed by atoms with Crippen LogP contribution in [0.3, 0.4) is 0 Å². The number of hydrogen-bond donors (Lipinski definition) is 1. The quantitative estimate of drug-likeness (QED) is 0.743. The third-order valence-electron chi connectivity index (χ3n) is 3.41. The highest BCUT2D eigenvalue weighted by atomic mass is 16.1. The molecule has 0 aliphatic heterocycles. The maximum absolute atomic E-state index is 11.6. The second kappa shape index (κ2) is 5.16. The number of amides is 1. The molecule has 0 radical (unpaired) electrons. The van der Waals surface area contributed by atoms with E-state index < -0.39 is 5.54 Å². The first kappa shape index (κ1) is 12.8. The molecule has 0 spiro atoms. The predicted octanol–water partition coefficient (Wildman–Crippen LogP) is 2.54. The number of rotatable bonds is 3. The van der Waals surface area contributed by atoms with Crippen LogP contribution in [0.1, 0.15) is 46.0 Å². The van der Waals surface area contributed by atoms with Crippen molar-refractivity contribution in [2.75, 3.05) is 0 Å². The van der Waals surface area contributed by atoms with Gasteiger partial charge in [-0.3, -0.25) is 4.79 Å². The molecule has 1 rings (SSSR count). The summed E-state index contributed by atoms with van der Waals surface area (Å²) in [5.74, 6) is 0.0594.